The second-order valence-electron chi connectivity index (χ2n) is 20.5. The van der Waals surface area contributed by atoms with Crippen LogP contribution in [0.25, 0.3) is 10.9 Å². The van der Waals surface area contributed by atoms with Crippen molar-refractivity contribution in [2.45, 2.75) is 151 Å². The van der Waals surface area contributed by atoms with Gasteiger partial charge in [0.25, 0.3) is 0 Å². The van der Waals surface area contributed by atoms with Crippen LogP contribution in [0.4, 0.5) is 4.39 Å². The van der Waals surface area contributed by atoms with Gasteiger partial charge >= 0.3 is 11.9 Å². The molecule has 0 spiro atoms. The molecule has 0 aliphatic carbocycles. The summed E-state index contributed by atoms with van der Waals surface area (Å²) in [5.41, 5.74) is 8.77. The van der Waals surface area contributed by atoms with Gasteiger partial charge < -0.3 is 34.8 Å². The Bertz CT molecular complexity index is 2200. The monoisotopic (exact) mass is 948 g/mol. The van der Waals surface area contributed by atoms with E-state index in [1.807, 2.05) is 90.4 Å². The van der Waals surface area contributed by atoms with Gasteiger partial charge in [-0.05, 0) is 92.5 Å². The number of aliphatic carboxylic acids is 1. The van der Waals surface area contributed by atoms with E-state index >= 15 is 9.59 Å². The summed E-state index contributed by atoms with van der Waals surface area (Å²) in [6.07, 6.45) is 1.46. The molecule has 68 heavy (non-hydrogen) atoms. The third-order valence-corrected chi connectivity index (χ3v) is 12.7. The fourth-order valence-electron chi connectivity index (χ4n) is 8.89. The van der Waals surface area contributed by atoms with Crippen molar-refractivity contribution >= 4 is 52.1 Å². The Hall–Kier alpha value is -5.44. The number of carbonyl (C=O) groups excluding carboxylic acids is 6. The number of nitrogens with zero attached hydrogens (tertiary/aromatic N) is 4. The number of ether oxygens (including phenoxy) is 1. The summed E-state index contributed by atoms with van der Waals surface area (Å²) in [7, 11) is 4.55. The molecule has 0 aliphatic rings. The molecule has 3 rings (SSSR count). The Morgan fingerprint density at radius 1 is 0.647 bits per heavy atom. The van der Waals surface area contributed by atoms with Gasteiger partial charge in [0.1, 0.15) is 11.9 Å². The van der Waals surface area contributed by atoms with Gasteiger partial charge in [0.15, 0.2) is 17.7 Å². The number of hydrogen-bond acceptors (Lipinski definition) is 9. The molecule has 0 bridgehead atoms. The first-order chi connectivity index (χ1) is 31.7. The molecular formula is C53H78FN5O9. The molecule has 0 unspecified atom stereocenters. The van der Waals surface area contributed by atoms with Gasteiger partial charge in [0, 0.05) is 75.9 Å². The lowest BCUT2D eigenvalue weighted by Crippen LogP contribution is -2.51. The van der Waals surface area contributed by atoms with Crippen molar-refractivity contribution in [3.63, 3.8) is 0 Å². The number of carboxylic acids is 1. The SMILES string of the molecule is CC(C)C[C@H](CC(=O)[C@H](Cc1cn(Cc2ccc(F)cc2)c2ccccc12)N(C)C(=O)[C@@H](CC(=O)[C@H](CC(C)C)N(C)C(=O)[C@@H](N)CC(C)C)CC(C)C)C(=O)N(C)[C@@H](C)C(=O)O[C@H](C)C(=O)O. The average Bonchev–Trinajstić information content (AvgIpc) is 3.61. The number of hydrogen-bond donors (Lipinski definition) is 2. The van der Waals surface area contributed by atoms with Crippen LogP contribution in [0.15, 0.2) is 54.7 Å². The molecule has 0 radical (unpaired) electrons. The standard InChI is InChI=1S/C53H78FN5O9/c1-31(2)22-38(49(62)56(11)35(9)53(67)68-36(10)52(65)66)27-48(61)46(26-40-30-59(44-17-15-14-16-42(40)44)29-37-18-20-41(54)21-19-37)57(12)50(63)39(23-32(3)4)28-47(60)45(25-34(7)8)58(13)51(64)43(55)24-33(5)6/h14-21,30-36,38-39,43,45-46H,22-29,55H2,1-13H3,(H,65,66)/t35-,36+,38+,39+,43-,45-,46-/m0/s1. The molecule has 376 valence electrons. The lowest BCUT2D eigenvalue weighted by atomic mass is 9.85. The van der Waals surface area contributed by atoms with Crippen molar-refractivity contribution in [3.05, 3.63) is 71.7 Å². The summed E-state index contributed by atoms with van der Waals surface area (Å²) in [6, 6.07) is 9.94. The fourth-order valence-corrected chi connectivity index (χ4v) is 8.89. The van der Waals surface area contributed by atoms with E-state index in [0.29, 0.717) is 25.8 Å². The van der Waals surface area contributed by atoms with Gasteiger partial charge in [-0.15, -0.1) is 0 Å². The van der Waals surface area contributed by atoms with Crippen molar-refractivity contribution in [3.8, 4) is 0 Å². The number of para-hydroxylation sites is 1. The Balaban J connectivity index is 2.13. The van der Waals surface area contributed by atoms with Crippen LogP contribution in [0, 0.1) is 41.3 Å². The number of esters is 1. The third kappa shape index (κ3) is 16.1. The lowest BCUT2D eigenvalue weighted by molar-refractivity contribution is -0.167. The molecule has 3 N–H and O–H groups in total. The highest BCUT2D eigenvalue weighted by atomic mass is 19.1. The van der Waals surface area contributed by atoms with Gasteiger partial charge in [0.05, 0.1) is 18.1 Å². The zero-order valence-electron chi connectivity index (χ0n) is 42.7. The van der Waals surface area contributed by atoms with Gasteiger partial charge in [-0.1, -0.05) is 85.7 Å². The molecule has 3 amide bonds. The number of halogens is 1. The van der Waals surface area contributed by atoms with Gasteiger partial charge in [-0.2, -0.15) is 0 Å². The number of aromatic nitrogens is 1. The van der Waals surface area contributed by atoms with Crippen LogP contribution in [0.1, 0.15) is 119 Å². The molecule has 14 nitrogen and oxygen atoms in total. The predicted molar refractivity (Wildman–Crippen MR) is 262 cm³/mol. The van der Waals surface area contributed by atoms with Crippen LogP contribution in [-0.4, -0.2) is 117 Å². The highest BCUT2D eigenvalue weighted by Gasteiger charge is 2.39. The first-order valence-corrected chi connectivity index (χ1v) is 24.1. The van der Waals surface area contributed by atoms with Crippen molar-refractivity contribution in [1.82, 2.24) is 19.3 Å². The number of amides is 3. The number of ketones is 2. The zero-order valence-corrected chi connectivity index (χ0v) is 42.7. The van der Waals surface area contributed by atoms with Gasteiger partial charge in [-0.3, -0.25) is 24.0 Å². The summed E-state index contributed by atoms with van der Waals surface area (Å²) >= 11 is 0. The van der Waals surface area contributed by atoms with Gasteiger partial charge in [-0.25, -0.2) is 14.0 Å². The van der Waals surface area contributed by atoms with E-state index in [2.05, 4.69) is 0 Å². The summed E-state index contributed by atoms with van der Waals surface area (Å²) in [4.78, 5) is 101. The fraction of sp³-hybridized carbons (Fsp3) is 0.604. The van der Waals surface area contributed by atoms with Crippen molar-refractivity contribution in [1.29, 1.82) is 0 Å². The molecule has 3 aromatic rings. The highest BCUT2D eigenvalue weighted by molar-refractivity contribution is 5.97. The van der Waals surface area contributed by atoms with E-state index in [4.69, 9.17) is 10.5 Å². The van der Waals surface area contributed by atoms with Crippen molar-refractivity contribution < 1.29 is 47.8 Å². The molecule has 2 aromatic carbocycles. The Morgan fingerprint density at radius 2 is 1.13 bits per heavy atom. The van der Waals surface area contributed by atoms with Crippen LogP contribution in [0.5, 0.6) is 0 Å². The molecule has 7 atom stereocenters. The second kappa shape index (κ2) is 25.8. The molecule has 0 saturated carbocycles. The minimum absolute atomic E-state index is 0.0261. The van der Waals surface area contributed by atoms with E-state index in [0.717, 1.165) is 22.0 Å². The minimum atomic E-state index is -1.44. The van der Waals surface area contributed by atoms with E-state index in [1.54, 1.807) is 26.2 Å². The van der Waals surface area contributed by atoms with E-state index < -0.39 is 71.6 Å². The van der Waals surface area contributed by atoms with Crippen LogP contribution in [-0.2, 0) is 51.3 Å². The quantitative estimate of drug-likeness (QED) is 0.0722. The Morgan fingerprint density at radius 3 is 1.65 bits per heavy atom. The number of likely N-dealkylation sites (N-methyl/N-ethyl adjacent to an activating group) is 3. The molecule has 0 saturated heterocycles. The number of Topliss-reactive ketones (excluding diaryl/α,β-unsaturated/α-hetero) is 2. The highest BCUT2D eigenvalue weighted by Crippen LogP contribution is 2.30. The molecule has 0 aliphatic heterocycles. The smallest absolute Gasteiger partial charge is 0.344 e. The van der Waals surface area contributed by atoms with Crippen LogP contribution in [0.3, 0.4) is 0 Å². The maximum absolute atomic E-state index is 15.1. The maximum Gasteiger partial charge on any atom is 0.344 e. The maximum atomic E-state index is 15.1. The largest absolute Gasteiger partial charge is 0.479 e. The van der Waals surface area contributed by atoms with Crippen molar-refractivity contribution in [2.24, 2.45) is 41.2 Å². The van der Waals surface area contributed by atoms with Crippen LogP contribution < -0.4 is 5.73 Å². The predicted octanol–water partition coefficient (Wildman–Crippen LogP) is 7.55. The van der Waals surface area contributed by atoms with Crippen LogP contribution in [0.2, 0.25) is 0 Å². The Kier molecular flexibility index (Phi) is 21.6. The number of nitrogens with two attached hydrogens (primary N) is 1. The summed E-state index contributed by atoms with van der Waals surface area (Å²) in [5, 5.41) is 10.1. The first-order valence-electron chi connectivity index (χ1n) is 24.1. The van der Waals surface area contributed by atoms with E-state index in [-0.39, 0.29) is 66.9 Å². The Labute approximate surface area is 403 Å². The van der Waals surface area contributed by atoms with Gasteiger partial charge in [0.2, 0.25) is 17.7 Å². The second-order valence-corrected chi connectivity index (χ2v) is 20.5. The number of carbonyl (C=O) groups is 7. The normalized spacial score (nSPS) is 14.9. The average molecular weight is 948 g/mol. The number of benzene rings is 2. The van der Waals surface area contributed by atoms with Crippen molar-refractivity contribution in [2.75, 3.05) is 21.1 Å². The summed E-state index contributed by atoms with van der Waals surface area (Å²) in [6.45, 7) is 18.6. The number of fused-ring (bicyclic) bond motifs is 1. The number of rotatable bonds is 27. The molecule has 0 fully saturated rings. The minimum Gasteiger partial charge on any atom is -0.479 e. The molecular weight excluding hydrogens is 870 g/mol. The number of carboxylic acid groups (broad SMARTS) is 1. The molecule has 15 heteroatoms. The van der Waals surface area contributed by atoms with Crippen LogP contribution >= 0.6 is 0 Å². The van der Waals surface area contributed by atoms with E-state index in [1.165, 1.54) is 47.7 Å². The summed E-state index contributed by atoms with van der Waals surface area (Å²) < 4.78 is 21.0. The molecule has 1 heterocycles. The third-order valence-electron chi connectivity index (χ3n) is 12.7. The molecule has 1 aromatic heterocycles. The first kappa shape index (κ1) is 56.9. The zero-order chi connectivity index (χ0) is 51.3. The van der Waals surface area contributed by atoms with E-state index in [9.17, 15) is 33.5 Å². The summed E-state index contributed by atoms with van der Waals surface area (Å²) in [5.74, 6) is -6.26. The topological polar surface area (TPSA) is 190 Å². The lowest BCUT2D eigenvalue weighted by Gasteiger charge is -2.34.